The Hall–Kier alpha value is -1.07. The van der Waals surface area contributed by atoms with Crippen LogP contribution in [-0.2, 0) is 4.74 Å². The smallest absolute Gasteiger partial charge is 0.410 e. The monoisotopic (exact) mass is 324 g/mol. The number of thiophene rings is 1. The summed E-state index contributed by atoms with van der Waals surface area (Å²) < 4.78 is 5.49. The topological polar surface area (TPSA) is 41.6 Å². The maximum absolute atomic E-state index is 12.2. The summed E-state index contributed by atoms with van der Waals surface area (Å²) in [5, 5.41) is 5.75. The van der Waals surface area contributed by atoms with Gasteiger partial charge in [0.2, 0.25) is 0 Å². The maximum Gasteiger partial charge on any atom is 0.410 e. The van der Waals surface area contributed by atoms with Gasteiger partial charge in [0.25, 0.3) is 0 Å². The van der Waals surface area contributed by atoms with Crippen molar-refractivity contribution < 1.29 is 9.53 Å². The van der Waals surface area contributed by atoms with Gasteiger partial charge in [-0.15, -0.1) is 11.3 Å². The lowest BCUT2D eigenvalue weighted by molar-refractivity contribution is 0.0285. The maximum atomic E-state index is 12.2. The molecule has 2 atom stereocenters. The minimum absolute atomic E-state index is 0.188. The van der Waals surface area contributed by atoms with Crippen LogP contribution in [0.1, 0.15) is 50.6 Å². The summed E-state index contributed by atoms with van der Waals surface area (Å²) in [4.78, 5) is 15.4. The van der Waals surface area contributed by atoms with E-state index in [0.717, 1.165) is 26.1 Å². The second-order valence-electron chi connectivity index (χ2n) is 6.94. The fourth-order valence-corrected chi connectivity index (χ4v) is 3.77. The molecule has 22 heavy (non-hydrogen) atoms. The number of hydrogen-bond donors (Lipinski definition) is 1. The molecule has 1 aromatic heterocycles. The molecule has 2 heterocycles. The molecule has 0 saturated carbocycles. The van der Waals surface area contributed by atoms with Crippen molar-refractivity contribution in [3.05, 3.63) is 21.9 Å². The van der Waals surface area contributed by atoms with Gasteiger partial charge in [-0.3, -0.25) is 0 Å². The van der Waals surface area contributed by atoms with E-state index in [1.807, 2.05) is 25.7 Å². The minimum atomic E-state index is -0.430. The summed E-state index contributed by atoms with van der Waals surface area (Å²) in [7, 11) is 0. The molecule has 1 N–H and O–H groups in total. The van der Waals surface area contributed by atoms with E-state index >= 15 is 0 Å². The molecule has 4 nitrogen and oxygen atoms in total. The van der Waals surface area contributed by atoms with E-state index in [-0.39, 0.29) is 6.09 Å². The lowest BCUT2D eigenvalue weighted by Crippen LogP contribution is -2.36. The van der Waals surface area contributed by atoms with Crippen LogP contribution in [0.15, 0.2) is 11.4 Å². The molecule has 1 aromatic rings. The van der Waals surface area contributed by atoms with E-state index in [2.05, 4.69) is 30.6 Å². The van der Waals surface area contributed by atoms with Crippen molar-refractivity contribution in [2.45, 2.75) is 52.7 Å². The molecule has 1 saturated heterocycles. The first-order valence-electron chi connectivity index (χ1n) is 8.07. The van der Waals surface area contributed by atoms with Gasteiger partial charge in [0, 0.05) is 24.0 Å². The van der Waals surface area contributed by atoms with Gasteiger partial charge in [-0.1, -0.05) is 6.92 Å². The SMILES string of the molecule is CCNC(c1ccsc1C)C1CCN(C(=O)OC(C)(C)C)C1. The second-order valence-corrected chi connectivity index (χ2v) is 8.06. The molecule has 1 fully saturated rings. The summed E-state index contributed by atoms with van der Waals surface area (Å²) >= 11 is 1.79. The van der Waals surface area contributed by atoms with Crippen LogP contribution >= 0.6 is 11.3 Å². The summed E-state index contributed by atoms with van der Waals surface area (Å²) in [5.74, 6) is 0.445. The molecule has 2 unspecified atom stereocenters. The lowest BCUT2D eigenvalue weighted by Gasteiger charge is -2.27. The molecule has 5 heteroatoms. The van der Waals surface area contributed by atoms with Gasteiger partial charge in [0.15, 0.2) is 0 Å². The zero-order valence-electron chi connectivity index (χ0n) is 14.3. The van der Waals surface area contributed by atoms with Crippen molar-refractivity contribution in [2.24, 2.45) is 5.92 Å². The molecule has 1 aliphatic heterocycles. The number of carbonyl (C=O) groups is 1. The molecular weight excluding hydrogens is 296 g/mol. The minimum Gasteiger partial charge on any atom is -0.444 e. The van der Waals surface area contributed by atoms with Gasteiger partial charge < -0.3 is 15.0 Å². The number of rotatable bonds is 4. The van der Waals surface area contributed by atoms with E-state index in [1.54, 1.807) is 11.3 Å². The Morgan fingerprint density at radius 3 is 2.82 bits per heavy atom. The second kappa shape index (κ2) is 7.01. The van der Waals surface area contributed by atoms with Gasteiger partial charge in [0.05, 0.1) is 0 Å². The molecular formula is C17H28N2O2S. The Balaban J connectivity index is 2.04. The normalized spacial score (nSPS) is 20.2. The van der Waals surface area contributed by atoms with Gasteiger partial charge in [-0.05, 0) is 63.6 Å². The van der Waals surface area contributed by atoms with Crippen LogP contribution in [0.3, 0.4) is 0 Å². The highest BCUT2D eigenvalue weighted by atomic mass is 32.1. The largest absolute Gasteiger partial charge is 0.444 e. The molecule has 0 spiro atoms. The predicted molar refractivity (Wildman–Crippen MR) is 91.4 cm³/mol. The molecule has 124 valence electrons. The number of amides is 1. The van der Waals surface area contributed by atoms with Crippen LogP contribution in [0.2, 0.25) is 0 Å². The van der Waals surface area contributed by atoms with Crippen molar-refractivity contribution in [3.63, 3.8) is 0 Å². The summed E-state index contributed by atoms with van der Waals surface area (Å²) in [6.07, 6.45) is 0.832. The number of aryl methyl sites for hydroxylation is 1. The highest BCUT2D eigenvalue weighted by Crippen LogP contribution is 2.34. The highest BCUT2D eigenvalue weighted by Gasteiger charge is 2.34. The van der Waals surface area contributed by atoms with E-state index in [1.165, 1.54) is 10.4 Å². The van der Waals surface area contributed by atoms with Crippen LogP contribution in [-0.4, -0.2) is 36.2 Å². The fourth-order valence-electron chi connectivity index (χ4n) is 3.02. The Morgan fingerprint density at radius 1 is 1.55 bits per heavy atom. The first kappa shape index (κ1) is 17.3. The predicted octanol–water partition coefficient (Wildman–Crippen LogP) is 3.96. The van der Waals surface area contributed by atoms with Gasteiger partial charge in [-0.2, -0.15) is 0 Å². The number of ether oxygens (including phenoxy) is 1. The van der Waals surface area contributed by atoms with Crippen molar-refractivity contribution in [1.29, 1.82) is 0 Å². The number of hydrogen-bond acceptors (Lipinski definition) is 4. The van der Waals surface area contributed by atoms with Crippen LogP contribution in [0, 0.1) is 12.8 Å². The van der Waals surface area contributed by atoms with Crippen LogP contribution in [0.4, 0.5) is 4.79 Å². The summed E-state index contributed by atoms with van der Waals surface area (Å²) in [5.41, 5.74) is 0.947. The van der Waals surface area contributed by atoms with Crippen LogP contribution in [0.25, 0.3) is 0 Å². The Morgan fingerprint density at radius 2 is 2.27 bits per heavy atom. The van der Waals surface area contributed by atoms with Crippen molar-refractivity contribution >= 4 is 17.4 Å². The number of carbonyl (C=O) groups excluding carboxylic acids is 1. The average Bonchev–Trinajstić information content (AvgIpc) is 3.03. The molecule has 2 rings (SSSR count). The van der Waals surface area contributed by atoms with E-state index in [0.29, 0.717) is 12.0 Å². The molecule has 1 aliphatic rings. The van der Waals surface area contributed by atoms with Crippen LogP contribution in [0.5, 0.6) is 0 Å². The molecule has 0 aliphatic carbocycles. The fraction of sp³-hybridized carbons (Fsp3) is 0.706. The highest BCUT2D eigenvalue weighted by molar-refractivity contribution is 7.10. The molecule has 1 amide bonds. The third kappa shape index (κ3) is 4.23. The number of nitrogens with one attached hydrogen (secondary N) is 1. The number of likely N-dealkylation sites (tertiary alicyclic amines) is 1. The lowest BCUT2D eigenvalue weighted by atomic mass is 9.92. The quantitative estimate of drug-likeness (QED) is 0.911. The van der Waals surface area contributed by atoms with Gasteiger partial charge >= 0.3 is 6.09 Å². The Labute approximate surface area is 137 Å². The van der Waals surface area contributed by atoms with Crippen molar-refractivity contribution in [2.75, 3.05) is 19.6 Å². The van der Waals surface area contributed by atoms with Gasteiger partial charge in [-0.25, -0.2) is 4.79 Å². The third-order valence-corrected chi connectivity index (χ3v) is 4.87. The zero-order valence-corrected chi connectivity index (χ0v) is 15.1. The number of nitrogens with zero attached hydrogens (tertiary/aromatic N) is 1. The molecule has 0 bridgehead atoms. The Kier molecular flexibility index (Phi) is 5.50. The van der Waals surface area contributed by atoms with E-state index < -0.39 is 5.60 Å². The van der Waals surface area contributed by atoms with E-state index in [4.69, 9.17) is 4.74 Å². The van der Waals surface area contributed by atoms with Crippen molar-refractivity contribution in [1.82, 2.24) is 10.2 Å². The van der Waals surface area contributed by atoms with Crippen molar-refractivity contribution in [3.8, 4) is 0 Å². The average molecular weight is 324 g/mol. The van der Waals surface area contributed by atoms with Crippen LogP contribution < -0.4 is 5.32 Å². The molecule has 0 radical (unpaired) electrons. The summed E-state index contributed by atoms with van der Waals surface area (Å²) in [6.45, 7) is 12.5. The molecule has 0 aromatic carbocycles. The first-order valence-corrected chi connectivity index (χ1v) is 8.95. The Bertz CT molecular complexity index is 507. The third-order valence-electron chi connectivity index (χ3n) is 4.01. The van der Waals surface area contributed by atoms with Gasteiger partial charge in [0.1, 0.15) is 5.60 Å². The zero-order chi connectivity index (χ0) is 16.3. The summed E-state index contributed by atoms with van der Waals surface area (Å²) in [6, 6.07) is 2.53. The van der Waals surface area contributed by atoms with E-state index in [9.17, 15) is 4.79 Å². The first-order chi connectivity index (χ1) is 10.3. The standard InChI is InChI=1S/C17H28N2O2S/c1-6-18-15(14-8-10-22-12(14)2)13-7-9-19(11-13)16(20)21-17(3,4)5/h8,10,13,15,18H,6-7,9,11H2,1-5H3.